The minimum atomic E-state index is -0.476. The highest BCUT2D eigenvalue weighted by molar-refractivity contribution is 7.98. The van der Waals surface area contributed by atoms with Gasteiger partial charge >= 0.3 is 0 Å². The van der Waals surface area contributed by atoms with Crippen molar-refractivity contribution in [2.45, 2.75) is 26.0 Å². The summed E-state index contributed by atoms with van der Waals surface area (Å²) in [5, 5.41) is 13.1. The summed E-state index contributed by atoms with van der Waals surface area (Å²) in [5.74, 6) is 1.85. The van der Waals surface area contributed by atoms with Gasteiger partial charge in [-0.1, -0.05) is 17.7 Å². The van der Waals surface area contributed by atoms with Crippen molar-refractivity contribution in [1.29, 1.82) is 0 Å². The molecule has 3 nitrogen and oxygen atoms in total. The molecule has 2 unspecified atom stereocenters. The summed E-state index contributed by atoms with van der Waals surface area (Å²) in [6.07, 6.45) is 1.60. The number of benzene rings is 1. The van der Waals surface area contributed by atoms with Gasteiger partial charge in [0.2, 0.25) is 0 Å². The van der Waals surface area contributed by atoms with Gasteiger partial charge in [-0.3, -0.25) is 0 Å². The number of hydrogen-bond donors (Lipinski definition) is 2. The van der Waals surface area contributed by atoms with E-state index in [2.05, 4.69) is 18.5 Å². The molecule has 0 aromatic heterocycles. The van der Waals surface area contributed by atoms with Crippen LogP contribution in [0.3, 0.4) is 0 Å². The van der Waals surface area contributed by atoms with Crippen molar-refractivity contribution in [3.63, 3.8) is 0 Å². The Hall–Kier alpha value is -0.710. The first-order chi connectivity index (χ1) is 8.61. The number of nitrogens with one attached hydrogen (secondary N) is 1. The lowest BCUT2D eigenvalue weighted by Crippen LogP contribution is -2.37. The Morgan fingerprint density at radius 1 is 1.33 bits per heavy atom. The van der Waals surface area contributed by atoms with Crippen molar-refractivity contribution < 1.29 is 9.84 Å². The maximum absolute atomic E-state index is 9.79. The fraction of sp³-hybridized carbons (Fsp3) is 0.571. The molecule has 102 valence electrons. The second-order valence-corrected chi connectivity index (χ2v) is 5.45. The number of hydrogen-bond acceptors (Lipinski definition) is 4. The fourth-order valence-electron chi connectivity index (χ4n) is 1.53. The van der Waals surface area contributed by atoms with Crippen molar-refractivity contribution in [2.24, 2.45) is 0 Å². The van der Waals surface area contributed by atoms with E-state index in [4.69, 9.17) is 4.74 Å². The molecule has 0 saturated heterocycles. The Bertz CT molecular complexity index is 329. The van der Waals surface area contributed by atoms with Gasteiger partial charge in [-0.2, -0.15) is 11.8 Å². The molecule has 0 amide bonds. The second kappa shape index (κ2) is 8.40. The van der Waals surface area contributed by atoms with E-state index in [1.807, 2.05) is 31.2 Å². The predicted octanol–water partition coefficient (Wildman–Crippen LogP) is 2.08. The van der Waals surface area contributed by atoms with Crippen LogP contribution in [0.15, 0.2) is 24.3 Å². The number of thioether (sulfide) groups is 1. The van der Waals surface area contributed by atoms with Crippen molar-refractivity contribution in [3.8, 4) is 5.75 Å². The van der Waals surface area contributed by atoms with Gasteiger partial charge in [-0.25, -0.2) is 0 Å². The van der Waals surface area contributed by atoms with Crippen molar-refractivity contribution in [1.82, 2.24) is 5.32 Å². The minimum Gasteiger partial charge on any atom is -0.491 e. The maximum Gasteiger partial charge on any atom is 0.119 e. The van der Waals surface area contributed by atoms with Crippen LogP contribution in [0.5, 0.6) is 5.75 Å². The van der Waals surface area contributed by atoms with Crippen LogP contribution in [0.1, 0.15) is 12.5 Å². The third kappa shape index (κ3) is 6.28. The molecule has 18 heavy (non-hydrogen) atoms. The minimum absolute atomic E-state index is 0.321. The van der Waals surface area contributed by atoms with Crippen LogP contribution in [-0.4, -0.2) is 42.4 Å². The topological polar surface area (TPSA) is 41.5 Å². The normalized spacial score (nSPS) is 14.2. The number of ether oxygens (including phenoxy) is 1. The molecule has 0 aliphatic carbocycles. The van der Waals surface area contributed by atoms with E-state index >= 15 is 0 Å². The zero-order chi connectivity index (χ0) is 13.4. The smallest absolute Gasteiger partial charge is 0.119 e. The third-order valence-corrected chi connectivity index (χ3v) is 3.42. The summed E-state index contributed by atoms with van der Waals surface area (Å²) in [6.45, 7) is 5.04. The average molecular weight is 269 g/mol. The van der Waals surface area contributed by atoms with Gasteiger partial charge in [0.15, 0.2) is 0 Å². The second-order valence-electron chi connectivity index (χ2n) is 4.54. The Labute approximate surface area is 114 Å². The van der Waals surface area contributed by atoms with Gasteiger partial charge in [-0.15, -0.1) is 0 Å². The Morgan fingerprint density at radius 2 is 2.00 bits per heavy atom. The quantitative estimate of drug-likeness (QED) is 0.758. The van der Waals surface area contributed by atoms with Gasteiger partial charge in [0.25, 0.3) is 0 Å². The van der Waals surface area contributed by atoms with Gasteiger partial charge < -0.3 is 15.2 Å². The highest BCUT2D eigenvalue weighted by Crippen LogP contribution is 2.11. The van der Waals surface area contributed by atoms with Gasteiger partial charge in [0.1, 0.15) is 18.5 Å². The molecule has 0 heterocycles. The van der Waals surface area contributed by atoms with E-state index < -0.39 is 6.10 Å². The molecule has 4 heteroatoms. The van der Waals surface area contributed by atoms with Crippen LogP contribution in [0, 0.1) is 6.92 Å². The van der Waals surface area contributed by atoms with E-state index in [-0.39, 0.29) is 0 Å². The van der Waals surface area contributed by atoms with Crippen LogP contribution < -0.4 is 10.1 Å². The van der Waals surface area contributed by atoms with Crippen LogP contribution in [-0.2, 0) is 0 Å². The van der Waals surface area contributed by atoms with E-state index in [1.54, 1.807) is 11.8 Å². The van der Waals surface area contributed by atoms with Crippen LogP contribution in [0.2, 0.25) is 0 Å². The van der Waals surface area contributed by atoms with Crippen LogP contribution in [0.4, 0.5) is 0 Å². The molecule has 1 aromatic rings. The molecule has 0 bridgehead atoms. The lowest BCUT2D eigenvalue weighted by Gasteiger charge is -2.17. The summed E-state index contributed by atoms with van der Waals surface area (Å²) in [6, 6.07) is 8.26. The van der Waals surface area contributed by atoms with E-state index in [9.17, 15) is 5.11 Å². The SMILES string of the molecule is CSCC(C)NCC(O)COc1ccc(C)cc1. The van der Waals surface area contributed by atoms with Crippen molar-refractivity contribution >= 4 is 11.8 Å². The van der Waals surface area contributed by atoms with Gasteiger partial charge in [0, 0.05) is 18.3 Å². The first kappa shape index (κ1) is 15.3. The highest BCUT2D eigenvalue weighted by atomic mass is 32.2. The maximum atomic E-state index is 9.79. The number of aryl methyl sites for hydroxylation is 1. The van der Waals surface area contributed by atoms with E-state index in [0.717, 1.165) is 11.5 Å². The Kier molecular flexibility index (Phi) is 7.16. The summed E-state index contributed by atoms with van der Waals surface area (Å²) in [5.41, 5.74) is 1.20. The van der Waals surface area contributed by atoms with Gasteiger partial charge in [0.05, 0.1) is 0 Å². The summed E-state index contributed by atoms with van der Waals surface area (Å²) >= 11 is 1.80. The Morgan fingerprint density at radius 3 is 2.61 bits per heavy atom. The molecule has 0 aliphatic heterocycles. The summed E-state index contributed by atoms with van der Waals surface area (Å²) < 4.78 is 5.52. The average Bonchev–Trinajstić information content (AvgIpc) is 2.36. The summed E-state index contributed by atoms with van der Waals surface area (Å²) in [7, 11) is 0. The zero-order valence-corrected chi connectivity index (χ0v) is 12.2. The monoisotopic (exact) mass is 269 g/mol. The van der Waals surface area contributed by atoms with E-state index in [0.29, 0.717) is 19.2 Å². The molecule has 1 rings (SSSR count). The molecule has 0 radical (unpaired) electrons. The molecule has 2 atom stereocenters. The molecule has 0 saturated carbocycles. The van der Waals surface area contributed by atoms with Crippen molar-refractivity contribution in [2.75, 3.05) is 25.2 Å². The Balaban J connectivity index is 2.20. The first-order valence-corrected chi connectivity index (χ1v) is 7.61. The molecule has 1 aromatic carbocycles. The number of rotatable bonds is 8. The molecule has 0 fully saturated rings. The number of aliphatic hydroxyl groups is 1. The molecule has 2 N–H and O–H groups in total. The van der Waals surface area contributed by atoms with Crippen LogP contribution >= 0.6 is 11.8 Å². The third-order valence-electron chi connectivity index (χ3n) is 2.58. The molecule has 0 spiro atoms. The lowest BCUT2D eigenvalue weighted by molar-refractivity contribution is 0.105. The predicted molar refractivity (Wildman–Crippen MR) is 78.5 cm³/mol. The zero-order valence-electron chi connectivity index (χ0n) is 11.3. The molecule has 0 aliphatic rings. The summed E-state index contributed by atoms with van der Waals surface area (Å²) in [4.78, 5) is 0. The highest BCUT2D eigenvalue weighted by Gasteiger charge is 2.07. The largest absolute Gasteiger partial charge is 0.491 e. The number of aliphatic hydroxyl groups excluding tert-OH is 1. The first-order valence-electron chi connectivity index (χ1n) is 6.21. The molecular weight excluding hydrogens is 246 g/mol. The van der Waals surface area contributed by atoms with E-state index in [1.165, 1.54) is 5.56 Å². The van der Waals surface area contributed by atoms with Crippen molar-refractivity contribution in [3.05, 3.63) is 29.8 Å². The standard InChI is InChI=1S/C14H23NO2S/c1-11-4-6-14(7-5-11)17-9-13(16)8-15-12(2)10-18-3/h4-7,12-13,15-16H,8-10H2,1-3H3. The molecular formula is C14H23NO2S. The van der Waals surface area contributed by atoms with Gasteiger partial charge in [-0.05, 0) is 32.2 Å². The lowest BCUT2D eigenvalue weighted by atomic mass is 10.2. The van der Waals surface area contributed by atoms with Crippen LogP contribution in [0.25, 0.3) is 0 Å². The fourth-order valence-corrected chi connectivity index (χ4v) is 2.15.